The molecule has 0 spiro atoms. The van der Waals surface area contributed by atoms with E-state index < -0.39 is 11.6 Å². The summed E-state index contributed by atoms with van der Waals surface area (Å²) in [6.45, 7) is 1.61. The summed E-state index contributed by atoms with van der Waals surface area (Å²) in [7, 11) is 0. The largest absolute Gasteiger partial charge is 0.247 e. The summed E-state index contributed by atoms with van der Waals surface area (Å²) in [5, 5.41) is 0. The summed E-state index contributed by atoms with van der Waals surface area (Å²) in [6.07, 6.45) is 4.04. The lowest BCUT2D eigenvalue weighted by molar-refractivity contribution is 0.150. The molecule has 2 rings (SSSR count). The maximum absolute atomic E-state index is 13.9. The van der Waals surface area contributed by atoms with Gasteiger partial charge in [0.05, 0.1) is 0 Å². The third-order valence-electron chi connectivity index (χ3n) is 3.91. The van der Waals surface area contributed by atoms with E-state index in [9.17, 15) is 8.78 Å². The summed E-state index contributed by atoms with van der Waals surface area (Å²) >= 11 is 0. The van der Waals surface area contributed by atoms with Crippen LogP contribution in [0.2, 0.25) is 0 Å². The zero-order chi connectivity index (χ0) is 11.6. The lowest BCUT2D eigenvalue weighted by atomic mass is 9.67. The van der Waals surface area contributed by atoms with Gasteiger partial charge in [-0.25, -0.2) is 8.78 Å². The average Bonchev–Trinajstić information content (AvgIpc) is 2.30. The first-order chi connectivity index (χ1) is 7.65. The number of rotatable bonds is 2. The first kappa shape index (κ1) is 11.6. The van der Waals surface area contributed by atoms with Crippen molar-refractivity contribution in [1.29, 1.82) is 0 Å². The molecule has 1 unspecified atom stereocenters. The Balaban J connectivity index is 2.38. The van der Waals surface area contributed by atoms with Crippen LogP contribution < -0.4 is 0 Å². The summed E-state index contributed by atoms with van der Waals surface area (Å²) < 4.78 is 27.2. The molecular formula is C14H18F2. The van der Waals surface area contributed by atoms with Crippen LogP contribution in [-0.4, -0.2) is 6.17 Å². The second-order valence-electron chi connectivity index (χ2n) is 4.84. The van der Waals surface area contributed by atoms with Gasteiger partial charge in [0.1, 0.15) is 12.0 Å². The fourth-order valence-electron chi connectivity index (χ4n) is 2.90. The number of alkyl halides is 1. The van der Waals surface area contributed by atoms with Crippen LogP contribution in [0.4, 0.5) is 8.78 Å². The highest BCUT2D eigenvalue weighted by Gasteiger charge is 2.39. The molecule has 0 saturated heterocycles. The van der Waals surface area contributed by atoms with Crippen molar-refractivity contribution in [2.75, 3.05) is 0 Å². The van der Waals surface area contributed by atoms with Crippen molar-refractivity contribution >= 4 is 0 Å². The zero-order valence-corrected chi connectivity index (χ0v) is 9.68. The highest BCUT2D eigenvalue weighted by Crippen LogP contribution is 2.43. The standard InChI is InChI=1S/C14H18F2/c1-11(15)14(8-3-2-4-9-14)12-6-5-7-13(16)10-12/h5-7,10-11H,2-4,8-9H2,1H3. The van der Waals surface area contributed by atoms with Crippen molar-refractivity contribution in [2.24, 2.45) is 0 Å². The van der Waals surface area contributed by atoms with Crippen molar-refractivity contribution in [1.82, 2.24) is 0 Å². The number of hydrogen-bond acceptors (Lipinski definition) is 0. The molecule has 1 aromatic carbocycles. The molecule has 0 bridgehead atoms. The van der Waals surface area contributed by atoms with E-state index in [4.69, 9.17) is 0 Å². The van der Waals surface area contributed by atoms with Crippen molar-refractivity contribution in [3.8, 4) is 0 Å². The second kappa shape index (κ2) is 4.52. The molecule has 1 atom stereocenters. The molecular weight excluding hydrogens is 206 g/mol. The average molecular weight is 224 g/mol. The molecule has 2 heteroatoms. The molecule has 0 heterocycles. The summed E-state index contributed by atoms with van der Waals surface area (Å²) in [4.78, 5) is 0. The SMILES string of the molecule is CC(F)C1(c2cccc(F)c2)CCCCC1. The van der Waals surface area contributed by atoms with Gasteiger partial charge in [-0.05, 0) is 37.5 Å². The van der Waals surface area contributed by atoms with E-state index in [1.165, 1.54) is 18.6 Å². The smallest absolute Gasteiger partial charge is 0.123 e. The van der Waals surface area contributed by atoms with E-state index in [-0.39, 0.29) is 5.82 Å². The van der Waals surface area contributed by atoms with E-state index in [1.807, 2.05) is 6.07 Å². The lowest BCUT2D eigenvalue weighted by Gasteiger charge is -2.39. The third-order valence-corrected chi connectivity index (χ3v) is 3.91. The minimum atomic E-state index is -0.908. The van der Waals surface area contributed by atoms with Gasteiger partial charge in [0.15, 0.2) is 0 Å². The van der Waals surface area contributed by atoms with Crippen LogP contribution in [0.1, 0.15) is 44.6 Å². The topological polar surface area (TPSA) is 0 Å². The minimum Gasteiger partial charge on any atom is -0.247 e. The first-order valence-corrected chi connectivity index (χ1v) is 6.05. The van der Waals surface area contributed by atoms with Crippen LogP contribution in [-0.2, 0) is 5.41 Å². The van der Waals surface area contributed by atoms with Gasteiger partial charge in [-0.15, -0.1) is 0 Å². The van der Waals surface area contributed by atoms with Crippen LogP contribution in [0.5, 0.6) is 0 Å². The van der Waals surface area contributed by atoms with Gasteiger partial charge >= 0.3 is 0 Å². The Morgan fingerprint density at radius 2 is 1.88 bits per heavy atom. The predicted molar refractivity (Wildman–Crippen MR) is 61.7 cm³/mol. The van der Waals surface area contributed by atoms with Gasteiger partial charge < -0.3 is 0 Å². The fourth-order valence-corrected chi connectivity index (χ4v) is 2.90. The molecule has 0 radical (unpaired) electrons. The molecule has 1 aromatic rings. The molecule has 88 valence electrons. The van der Waals surface area contributed by atoms with Crippen molar-refractivity contribution in [3.63, 3.8) is 0 Å². The van der Waals surface area contributed by atoms with E-state index in [2.05, 4.69) is 0 Å². The maximum atomic E-state index is 13.9. The maximum Gasteiger partial charge on any atom is 0.123 e. The first-order valence-electron chi connectivity index (χ1n) is 6.05. The molecule has 1 aliphatic rings. The van der Waals surface area contributed by atoms with E-state index >= 15 is 0 Å². The normalized spacial score (nSPS) is 21.7. The van der Waals surface area contributed by atoms with Crippen LogP contribution in [0.15, 0.2) is 24.3 Å². The van der Waals surface area contributed by atoms with E-state index in [1.54, 1.807) is 13.0 Å². The monoisotopic (exact) mass is 224 g/mol. The Bertz CT molecular complexity index is 352. The molecule has 1 fully saturated rings. The van der Waals surface area contributed by atoms with Crippen molar-refractivity contribution < 1.29 is 8.78 Å². The minimum absolute atomic E-state index is 0.261. The van der Waals surface area contributed by atoms with Crippen LogP contribution in [0.25, 0.3) is 0 Å². The van der Waals surface area contributed by atoms with Gasteiger partial charge in [-0.2, -0.15) is 0 Å². The molecule has 0 amide bonds. The molecule has 0 nitrogen and oxygen atoms in total. The molecule has 0 aromatic heterocycles. The predicted octanol–water partition coefficient (Wildman–Crippen LogP) is 4.39. The molecule has 1 aliphatic carbocycles. The molecule has 0 aliphatic heterocycles. The van der Waals surface area contributed by atoms with E-state index in [0.29, 0.717) is 0 Å². The molecule has 0 N–H and O–H groups in total. The Morgan fingerprint density at radius 1 is 1.19 bits per heavy atom. The van der Waals surface area contributed by atoms with Gasteiger partial charge in [0.25, 0.3) is 0 Å². The van der Waals surface area contributed by atoms with Gasteiger partial charge in [0, 0.05) is 5.41 Å². The lowest BCUT2D eigenvalue weighted by Crippen LogP contribution is -2.37. The molecule has 16 heavy (non-hydrogen) atoms. The summed E-state index contributed by atoms with van der Waals surface area (Å²) in [5.74, 6) is -0.261. The number of benzene rings is 1. The van der Waals surface area contributed by atoms with Gasteiger partial charge in [-0.3, -0.25) is 0 Å². The Hall–Kier alpha value is -0.920. The summed E-state index contributed by atoms with van der Waals surface area (Å²) in [6, 6.07) is 6.47. The van der Waals surface area contributed by atoms with E-state index in [0.717, 1.165) is 31.2 Å². The highest BCUT2D eigenvalue weighted by molar-refractivity contribution is 5.28. The van der Waals surface area contributed by atoms with Crippen molar-refractivity contribution in [2.45, 2.75) is 50.6 Å². The second-order valence-corrected chi connectivity index (χ2v) is 4.84. The van der Waals surface area contributed by atoms with Crippen LogP contribution >= 0.6 is 0 Å². The highest BCUT2D eigenvalue weighted by atomic mass is 19.1. The quantitative estimate of drug-likeness (QED) is 0.699. The Kier molecular flexibility index (Phi) is 3.27. The Morgan fingerprint density at radius 3 is 2.44 bits per heavy atom. The Labute approximate surface area is 95.7 Å². The van der Waals surface area contributed by atoms with Crippen molar-refractivity contribution in [3.05, 3.63) is 35.6 Å². The third kappa shape index (κ3) is 1.98. The number of hydrogen-bond donors (Lipinski definition) is 0. The van der Waals surface area contributed by atoms with Crippen LogP contribution in [0, 0.1) is 5.82 Å². The van der Waals surface area contributed by atoms with Crippen LogP contribution in [0.3, 0.4) is 0 Å². The molecule has 1 saturated carbocycles. The fraction of sp³-hybridized carbons (Fsp3) is 0.571. The zero-order valence-electron chi connectivity index (χ0n) is 9.68. The summed E-state index contributed by atoms with van der Waals surface area (Å²) in [5.41, 5.74) is 0.391. The van der Waals surface area contributed by atoms with Gasteiger partial charge in [0.2, 0.25) is 0 Å². The van der Waals surface area contributed by atoms with Gasteiger partial charge in [-0.1, -0.05) is 31.4 Å². The number of halogens is 2.